The van der Waals surface area contributed by atoms with Crippen molar-refractivity contribution in [3.05, 3.63) is 39.9 Å². The molecule has 26 heavy (non-hydrogen) atoms. The third-order valence-electron chi connectivity index (χ3n) is 5.38. The van der Waals surface area contributed by atoms with Gasteiger partial charge in [-0.3, -0.25) is 4.90 Å². The lowest BCUT2D eigenvalue weighted by atomic mass is 10.1. The highest BCUT2D eigenvalue weighted by molar-refractivity contribution is 7.09. The van der Waals surface area contributed by atoms with E-state index in [1.54, 1.807) is 0 Å². The molecule has 6 nitrogen and oxygen atoms in total. The third kappa shape index (κ3) is 3.94. The fraction of sp³-hybridized carbons (Fsp3) is 0.579. The smallest absolute Gasteiger partial charge is 0.318 e. The maximum atomic E-state index is 12.8. The van der Waals surface area contributed by atoms with Crippen LogP contribution < -0.4 is 5.32 Å². The van der Waals surface area contributed by atoms with Crippen molar-refractivity contribution >= 4 is 17.4 Å². The summed E-state index contributed by atoms with van der Waals surface area (Å²) in [5.74, 6) is 0.797. The van der Waals surface area contributed by atoms with Gasteiger partial charge in [0.05, 0.1) is 6.04 Å². The van der Waals surface area contributed by atoms with E-state index in [9.17, 15) is 4.79 Å². The van der Waals surface area contributed by atoms with Crippen LogP contribution in [0.3, 0.4) is 0 Å². The van der Waals surface area contributed by atoms with E-state index in [2.05, 4.69) is 32.9 Å². The highest BCUT2D eigenvalue weighted by atomic mass is 32.1. The van der Waals surface area contributed by atoms with Crippen molar-refractivity contribution in [2.75, 3.05) is 19.6 Å². The van der Waals surface area contributed by atoms with Crippen molar-refractivity contribution in [3.8, 4) is 0 Å². The Morgan fingerprint density at radius 1 is 1.35 bits per heavy atom. The molecule has 0 radical (unpaired) electrons. The molecule has 2 amide bonds. The first-order valence-electron chi connectivity index (χ1n) is 9.44. The van der Waals surface area contributed by atoms with Gasteiger partial charge in [-0.15, -0.1) is 11.3 Å². The normalized spacial score (nSPS) is 22.0. The quantitative estimate of drug-likeness (QED) is 0.889. The maximum Gasteiger partial charge on any atom is 0.318 e. The summed E-state index contributed by atoms with van der Waals surface area (Å²) in [5, 5.41) is 9.50. The molecule has 0 saturated carbocycles. The van der Waals surface area contributed by atoms with E-state index in [1.165, 1.54) is 4.88 Å². The van der Waals surface area contributed by atoms with E-state index in [4.69, 9.17) is 4.52 Å². The Hall–Kier alpha value is -1.86. The minimum Gasteiger partial charge on any atom is -0.361 e. The number of urea groups is 1. The molecule has 2 fully saturated rings. The number of nitrogens with zero attached hydrogens (tertiary/aromatic N) is 3. The van der Waals surface area contributed by atoms with Crippen LogP contribution in [0.2, 0.25) is 0 Å². The summed E-state index contributed by atoms with van der Waals surface area (Å²) in [7, 11) is 0. The van der Waals surface area contributed by atoms with Crippen LogP contribution in [0.15, 0.2) is 28.1 Å². The fourth-order valence-corrected chi connectivity index (χ4v) is 4.72. The first-order valence-corrected chi connectivity index (χ1v) is 10.3. The molecule has 2 aromatic rings. The topological polar surface area (TPSA) is 61.6 Å². The van der Waals surface area contributed by atoms with Gasteiger partial charge in [0.2, 0.25) is 0 Å². The van der Waals surface area contributed by atoms with Crippen LogP contribution >= 0.6 is 11.3 Å². The fourth-order valence-electron chi connectivity index (χ4n) is 3.98. The minimum atomic E-state index is 0.0462. The van der Waals surface area contributed by atoms with E-state index >= 15 is 0 Å². The summed E-state index contributed by atoms with van der Waals surface area (Å²) >= 11 is 1.81. The van der Waals surface area contributed by atoms with Gasteiger partial charge in [0.25, 0.3) is 0 Å². The molecular weight excluding hydrogens is 348 g/mol. The Morgan fingerprint density at radius 2 is 2.19 bits per heavy atom. The number of hydrogen-bond donors (Lipinski definition) is 1. The lowest BCUT2D eigenvalue weighted by Gasteiger charge is -2.33. The van der Waals surface area contributed by atoms with Gasteiger partial charge >= 0.3 is 6.03 Å². The number of piperidine rings is 1. The van der Waals surface area contributed by atoms with Crippen LogP contribution in [-0.2, 0) is 6.54 Å². The molecule has 2 aliphatic heterocycles. The van der Waals surface area contributed by atoms with Gasteiger partial charge < -0.3 is 14.7 Å². The molecule has 0 bridgehead atoms. The molecule has 2 aromatic heterocycles. The second-order valence-electron chi connectivity index (χ2n) is 7.29. The number of carbonyl (C=O) groups excluding carboxylic acids is 1. The number of hydrogen-bond acceptors (Lipinski definition) is 5. The van der Waals surface area contributed by atoms with Gasteiger partial charge in [-0.05, 0) is 44.1 Å². The number of aromatic nitrogens is 1. The van der Waals surface area contributed by atoms with Gasteiger partial charge in [-0.2, -0.15) is 0 Å². The summed E-state index contributed by atoms with van der Waals surface area (Å²) in [6, 6.07) is 6.60. The number of carbonyl (C=O) groups is 1. The average molecular weight is 375 g/mol. The molecule has 2 aliphatic rings. The SMILES string of the molecule is Cc1cc([C@H]2CCCN2C(=O)NC2CCN(Cc3cccs3)CC2)no1. The molecule has 0 unspecified atom stereocenters. The zero-order valence-corrected chi connectivity index (χ0v) is 16.0. The molecule has 4 heterocycles. The Kier molecular flexibility index (Phi) is 5.26. The molecule has 0 aromatic carbocycles. The number of thiophene rings is 1. The third-order valence-corrected chi connectivity index (χ3v) is 6.24. The van der Waals surface area contributed by atoms with E-state index in [-0.39, 0.29) is 18.1 Å². The van der Waals surface area contributed by atoms with Crippen LogP contribution in [0.1, 0.15) is 48.1 Å². The van der Waals surface area contributed by atoms with Crippen molar-refractivity contribution in [1.29, 1.82) is 0 Å². The van der Waals surface area contributed by atoms with Gasteiger partial charge in [0, 0.05) is 43.2 Å². The van der Waals surface area contributed by atoms with Crippen LogP contribution in [-0.4, -0.2) is 46.7 Å². The predicted molar refractivity (Wildman–Crippen MR) is 101 cm³/mol. The van der Waals surface area contributed by atoms with E-state index in [0.29, 0.717) is 0 Å². The lowest BCUT2D eigenvalue weighted by Crippen LogP contribution is -2.48. The summed E-state index contributed by atoms with van der Waals surface area (Å²) in [6.07, 6.45) is 4.00. The predicted octanol–water partition coefficient (Wildman–Crippen LogP) is 3.56. The van der Waals surface area contributed by atoms with Crippen molar-refractivity contribution < 1.29 is 9.32 Å². The molecular formula is C19H26N4O2S. The largest absolute Gasteiger partial charge is 0.361 e. The molecule has 140 valence electrons. The number of aryl methyl sites for hydroxylation is 1. The zero-order valence-electron chi connectivity index (χ0n) is 15.2. The highest BCUT2D eigenvalue weighted by Crippen LogP contribution is 2.31. The van der Waals surface area contributed by atoms with Crippen LogP contribution in [0.25, 0.3) is 0 Å². The second kappa shape index (κ2) is 7.80. The standard InChI is InChI=1S/C19H26N4O2S/c1-14-12-17(21-25-14)18-5-2-8-23(18)19(24)20-15-6-9-22(10-7-15)13-16-4-3-11-26-16/h3-4,11-12,15,18H,2,5-10,13H2,1H3,(H,20,24)/t18-/m1/s1. The number of likely N-dealkylation sites (tertiary alicyclic amines) is 2. The molecule has 1 atom stereocenters. The summed E-state index contributed by atoms with van der Waals surface area (Å²) < 4.78 is 5.20. The first kappa shape index (κ1) is 17.5. The number of nitrogens with one attached hydrogen (secondary N) is 1. The lowest BCUT2D eigenvalue weighted by molar-refractivity contribution is 0.165. The Bertz CT molecular complexity index is 722. The molecule has 0 spiro atoms. The monoisotopic (exact) mass is 374 g/mol. The molecule has 2 saturated heterocycles. The van der Waals surface area contributed by atoms with Crippen molar-refractivity contribution in [3.63, 3.8) is 0 Å². The van der Waals surface area contributed by atoms with Gasteiger partial charge in [-0.1, -0.05) is 11.2 Å². The van der Waals surface area contributed by atoms with Gasteiger partial charge in [0.1, 0.15) is 11.5 Å². The summed E-state index contributed by atoms with van der Waals surface area (Å²) in [6.45, 7) is 5.78. The van der Waals surface area contributed by atoms with Crippen LogP contribution in [0, 0.1) is 6.92 Å². The first-order chi connectivity index (χ1) is 12.7. The maximum absolute atomic E-state index is 12.8. The number of rotatable bonds is 4. The number of amides is 2. The van der Waals surface area contributed by atoms with Gasteiger partial charge in [0.15, 0.2) is 0 Å². The van der Waals surface area contributed by atoms with Crippen LogP contribution in [0.4, 0.5) is 4.79 Å². The van der Waals surface area contributed by atoms with Crippen molar-refractivity contribution in [1.82, 2.24) is 20.3 Å². The average Bonchev–Trinajstić information content (AvgIpc) is 3.37. The molecule has 4 rings (SSSR count). The Labute approximate surface area is 158 Å². The van der Waals surface area contributed by atoms with E-state index in [0.717, 1.165) is 63.3 Å². The summed E-state index contributed by atoms with van der Waals surface area (Å²) in [5.41, 5.74) is 0.876. The van der Waals surface area contributed by atoms with Crippen molar-refractivity contribution in [2.24, 2.45) is 0 Å². The summed E-state index contributed by atoms with van der Waals surface area (Å²) in [4.78, 5) is 18.6. The zero-order chi connectivity index (χ0) is 17.9. The van der Waals surface area contributed by atoms with Crippen molar-refractivity contribution in [2.45, 2.75) is 51.2 Å². The van der Waals surface area contributed by atoms with Gasteiger partial charge in [-0.25, -0.2) is 4.79 Å². The minimum absolute atomic E-state index is 0.0462. The van der Waals surface area contributed by atoms with Crippen LogP contribution in [0.5, 0.6) is 0 Å². The van der Waals surface area contributed by atoms with E-state index < -0.39 is 0 Å². The second-order valence-corrected chi connectivity index (χ2v) is 8.33. The molecule has 1 N–H and O–H groups in total. The Morgan fingerprint density at radius 3 is 2.88 bits per heavy atom. The molecule has 7 heteroatoms. The highest BCUT2D eigenvalue weighted by Gasteiger charge is 2.33. The van der Waals surface area contributed by atoms with E-state index in [1.807, 2.05) is 29.2 Å². The molecule has 0 aliphatic carbocycles. The Balaban J connectivity index is 1.28.